The molecule has 8 heteroatoms. The van der Waals surface area contributed by atoms with E-state index in [0.717, 1.165) is 12.8 Å². The van der Waals surface area contributed by atoms with Gasteiger partial charge in [-0.05, 0) is 24.8 Å². The first kappa shape index (κ1) is 18.9. The Bertz CT molecular complexity index is 773. The predicted octanol–water partition coefficient (Wildman–Crippen LogP) is 0.227. The number of carbonyl (C=O) groups excluding carboxylic acids is 1. The van der Waals surface area contributed by atoms with Crippen LogP contribution in [0.1, 0.15) is 24.8 Å². The number of nitrogens with one attached hydrogen (secondary N) is 2. The van der Waals surface area contributed by atoms with Gasteiger partial charge in [0.25, 0.3) is 0 Å². The average molecular weight is 394 g/mol. The molecule has 1 aliphatic carbocycles. The van der Waals surface area contributed by atoms with Crippen LogP contribution >= 0.6 is 0 Å². The SMILES string of the molecule is O=C(NCC1(c2ccccc2)CC1)C1CC(S(=O)(=O)N2CCOCC2)CN1. The van der Waals surface area contributed by atoms with Crippen LogP contribution in [0.5, 0.6) is 0 Å². The minimum atomic E-state index is -3.39. The number of carbonyl (C=O) groups is 1. The Morgan fingerprint density at radius 2 is 1.93 bits per heavy atom. The highest BCUT2D eigenvalue weighted by molar-refractivity contribution is 7.89. The van der Waals surface area contributed by atoms with Crippen molar-refractivity contribution in [1.82, 2.24) is 14.9 Å². The molecule has 1 aromatic rings. The normalized spacial score (nSPS) is 28.0. The molecular weight excluding hydrogens is 366 g/mol. The number of morpholine rings is 1. The molecule has 1 amide bonds. The molecule has 148 valence electrons. The number of ether oxygens (including phenoxy) is 1. The molecule has 2 unspecified atom stereocenters. The Labute approximate surface area is 160 Å². The fraction of sp³-hybridized carbons (Fsp3) is 0.632. The molecule has 2 heterocycles. The van der Waals surface area contributed by atoms with E-state index in [2.05, 4.69) is 22.8 Å². The van der Waals surface area contributed by atoms with Crippen LogP contribution in [0.3, 0.4) is 0 Å². The van der Waals surface area contributed by atoms with Gasteiger partial charge in [0.05, 0.1) is 24.5 Å². The maximum Gasteiger partial charge on any atom is 0.237 e. The summed E-state index contributed by atoms with van der Waals surface area (Å²) in [7, 11) is -3.39. The van der Waals surface area contributed by atoms with E-state index in [1.165, 1.54) is 9.87 Å². The zero-order valence-corrected chi connectivity index (χ0v) is 16.2. The topological polar surface area (TPSA) is 87.7 Å². The van der Waals surface area contributed by atoms with Crippen LogP contribution in [0.25, 0.3) is 0 Å². The van der Waals surface area contributed by atoms with Crippen molar-refractivity contribution in [2.45, 2.75) is 36.0 Å². The Balaban J connectivity index is 1.32. The highest BCUT2D eigenvalue weighted by Crippen LogP contribution is 2.47. The molecule has 0 aromatic heterocycles. The summed E-state index contributed by atoms with van der Waals surface area (Å²) in [5.74, 6) is -0.100. The third-order valence-corrected chi connectivity index (χ3v) is 8.29. The number of hydrogen-bond acceptors (Lipinski definition) is 5. The number of hydrogen-bond donors (Lipinski definition) is 2. The summed E-state index contributed by atoms with van der Waals surface area (Å²) in [6, 6.07) is 9.82. The first-order valence-electron chi connectivity index (χ1n) is 9.65. The molecule has 7 nitrogen and oxygen atoms in total. The summed E-state index contributed by atoms with van der Waals surface area (Å²) in [6.07, 6.45) is 2.47. The fourth-order valence-electron chi connectivity index (χ4n) is 4.03. The Morgan fingerprint density at radius 3 is 2.59 bits per heavy atom. The largest absolute Gasteiger partial charge is 0.379 e. The monoisotopic (exact) mass is 393 g/mol. The van der Waals surface area contributed by atoms with Gasteiger partial charge in [0.1, 0.15) is 0 Å². The third kappa shape index (κ3) is 3.89. The van der Waals surface area contributed by atoms with Gasteiger partial charge in [-0.2, -0.15) is 4.31 Å². The highest BCUT2D eigenvalue weighted by atomic mass is 32.2. The lowest BCUT2D eigenvalue weighted by Gasteiger charge is -2.28. The van der Waals surface area contributed by atoms with E-state index in [4.69, 9.17) is 4.74 Å². The molecule has 4 rings (SSSR count). The fourth-order valence-corrected chi connectivity index (χ4v) is 5.85. The zero-order chi connectivity index (χ0) is 18.9. The maximum atomic E-state index is 12.8. The first-order valence-corrected chi connectivity index (χ1v) is 11.1. The van der Waals surface area contributed by atoms with Crippen molar-refractivity contribution in [3.8, 4) is 0 Å². The van der Waals surface area contributed by atoms with E-state index < -0.39 is 21.3 Å². The smallest absolute Gasteiger partial charge is 0.237 e. The summed E-state index contributed by atoms with van der Waals surface area (Å²) in [4.78, 5) is 12.6. The number of nitrogens with zero attached hydrogens (tertiary/aromatic N) is 1. The number of sulfonamides is 1. The summed E-state index contributed by atoms with van der Waals surface area (Å²) in [5, 5.41) is 5.60. The number of rotatable bonds is 6. The Hall–Kier alpha value is -1.48. The molecule has 2 saturated heterocycles. The van der Waals surface area contributed by atoms with Gasteiger partial charge in [-0.3, -0.25) is 4.79 Å². The van der Waals surface area contributed by atoms with Crippen molar-refractivity contribution in [3.05, 3.63) is 35.9 Å². The van der Waals surface area contributed by atoms with Crippen molar-refractivity contribution >= 4 is 15.9 Å². The molecule has 0 bridgehead atoms. The van der Waals surface area contributed by atoms with Crippen LogP contribution < -0.4 is 10.6 Å². The van der Waals surface area contributed by atoms with Crippen LogP contribution in [-0.4, -0.2) is 69.3 Å². The van der Waals surface area contributed by atoms with Crippen molar-refractivity contribution in [2.24, 2.45) is 0 Å². The van der Waals surface area contributed by atoms with Crippen molar-refractivity contribution in [1.29, 1.82) is 0 Å². The molecule has 1 saturated carbocycles. The minimum Gasteiger partial charge on any atom is -0.379 e. The standard InChI is InChI=1S/C19H27N3O4S/c23-18(21-14-19(6-7-19)15-4-2-1-3-5-15)17-12-16(13-20-17)27(24,25)22-8-10-26-11-9-22/h1-5,16-17,20H,6-14H2,(H,21,23). The second-order valence-corrected chi connectivity index (χ2v) is 9.95. The van der Waals surface area contributed by atoms with Gasteiger partial charge in [0, 0.05) is 31.6 Å². The van der Waals surface area contributed by atoms with Crippen LogP contribution in [0, 0.1) is 0 Å². The van der Waals surface area contributed by atoms with Crippen LogP contribution in [0.15, 0.2) is 30.3 Å². The molecule has 1 aromatic carbocycles. The van der Waals surface area contributed by atoms with Gasteiger partial charge < -0.3 is 15.4 Å². The predicted molar refractivity (Wildman–Crippen MR) is 102 cm³/mol. The van der Waals surface area contributed by atoms with E-state index in [-0.39, 0.29) is 11.3 Å². The van der Waals surface area contributed by atoms with E-state index in [1.807, 2.05) is 18.2 Å². The molecule has 27 heavy (non-hydrogen) atoms. The Kier molecular flexibility index (Phi) is 5.24. The zero-order valence-electron chi connectivity index (χ0n) is 15.4. The molecule has 2 aliphatic heterocycles. The summed E-state index contributed by atoms with van der Waals surface area (Å²) in [5.41, 5.74) is 1.31. The lowest BCUT2D eigenvalue weighted by atomic mass is 9.96. The molecule has 3 fully saturated rings. The molecular formula is C19H27N3O4S. The van der Waals surface area contributed by atoms with Gasteiger partial charge in [-0.1, -0.05) is 30.3 Å². The molecule has 3 aliphatic rings. The van der Waals surface area contributed by atoms with Crippen molar-refractivity contribution in [2.75, 3.05) is 39.4 Å². The highest BCUT2D eigenvalue weighted by Gasteiger charge is 2.45. The first-order chi connectivity index (χ1) is 13.0. The lowest BCUT2D eigenvalue weighted by molar-refractivity contribution is -0.122. The summed E-state index contributed by atoms with van der Waals surface area (Å²) in [6.45, 7) is 2.59. The van der Waals surface area contributed by atoms with E-state index in [0.29, 0.717) is 45.8 Å². The van der Waals surface area contributed by atoms with Gasteiger partial charge in [0.15, 0.2) is 0 Å². The lowest BCUT2D eigenvalue weighted by Crippen LogP contribution is -2.45. The second kappa shape index (κ2) is 7.50. The van der Waals surface area contributed by atoms with Gasteiger partial charge in [-0.15, -0.1) is 0 Å². The molecule has 2 atom stereocenters. The van der Waals surface area contributed by atoms with Crippen LogP contribution in [0.2, 0.25) is 0 Å². The minimum absolute atomic E-state index is 0.0504. The van der Waals surface area contributed by atoms with E-state index in [9.17, 15) is 13.2 Å². The maximum absolute atomic E-state index is 12.8. The molecule has 2 N–H and O–H groups in total. The summed E-state index contributed by atoms with van der Waals surface area (Å²) >= 11 is 0. The second-order valence-electron chi connectivity index (χ2n) is 7.74. The van der Waals surface area contributed by atoms with Gasteiger partial charge in [0.2, 0.25) is 15.9 Å². The van der Waals surface area contributed by atoms with Crippen molar-refractivity contribution < 1.29 is 17.9 Å². The van der Waals surface area contributed by atoms with E-state index >= 15 is 0 Å². The van der Waals surface area contributed by atoms with E-state index in [1.54, 1.807) is 0 Å². The van der Waals surface area contributed by atoms with Crippen LogP contribution in [-0.2, 0) is 25.0 Å². The van der Waals surface area contributed by atoms with Crippen molar-refractivity contribution in [3.63, 3.8) is 0 Å². The average Bonchev–Trinajstić information content (AvgIpc) is 3.33. The third-order valence-electron chi connectivity index (χ3n) is 6.00. The summed E-state index contributed by atoms with van der Waals surface area (Å²) < 4.78 is 32.3. The molecule has 0 radical (unpaired) electrons. The van der Waals surface area contributed by atoms with Crippen LogP contribution in [0.4, 0.5) is 0 Å². The number of amides is 1. The Morgan fingerprint density at radius 1 is 1.22 bits per heavy atom. The molecule has 0 spiro atoms. The number of benzene rings is 1. The van der Waals surface area contributed by atoms with Gasteiger partial charge in [-0.25, -0.2) is 8.42 Å². The quantitative estimate of drug-likeness (QED) is 0.722. The van der Waals surface area contributed by atoms with Gasteiger partial charge >= 0.3 is 0 Å².